The van der Waals surface area contributed by atoms with Crippen molar-refractivity contribution < 1.29 is 14.6 Å². The lowest BCUT2D eigenvalue weighted by atomic mass is 10.0. The van der Waals surface area contributed by atoms with Crippen LogP contribution in [0.5, 0.6) is 11.5 Å². The third-order valence-electron chi connectivity index (χ3n) is 5.43. The number of nitrogens with zero attached hydrogens (tertiary/aromatic N) is 3. The Morgan fingerprint density at radius 3 is 2.55 bits per heavy atom. The monoisotopic (exact) mass is 419 g/mol. The molecular formula is C24H25N3O4. The second-order valence-electron chi connectivity index (χ2n) is 7.56. The highest BCUT2D eigenvalue weighted by Gasteiger charge is 2.17. The van der Waals surface area contributed by atoms with E-state index in [1.165, 1.54) is 17.2 Å². The quantitative estimate of drug-likeness (QED) is 0.517. The van der Waals surface area contributed by atoms with Crippen molar-refractivity contribution in [2.24, 2.45) is 0 Å². The van der Waals surface area contributed by atoms with E-state index in [1.807, 2.05) is 26.0 Å². The van der Waals surface area contributed by atoms with Gasteiger partial charge in [-0.05, 0) is 43.7 Å². The highest BCUT2D eigenvalue weighted by Crippen LogP contribution is 2.30. The maximum atomic E-state index is 13.1. The molecule has 2 aromatic carbocycles. The molecule has 1 atom stereocenters. The normalized spacial score (nSPS) is 12.2. The van der Waals surface area contributed by atoms with Gasteiger partial charge in [0.1, 0.15) is 23.1 Å². The highest BCUT2D eigenvalue weighted by molar-refractivity contribution is 5.68. The van der Waals surface area contributed by atoms with E-state index in [0.717, 1.165) is 16.8 Å². The molecule has 7 heteroatoms. The summed E-state index contributed by atoms with van der Waals surface area (Å²) in [6.07, 6.45) is 2.40. The molecule has 0 aliphatic carbocycles. The van der Waals surface area contributed by atoms with E-state index in [9.17, 15) is 9.90 Å². The third-order valence-corrected chi connectivity index (χ3v) is 5.43. The van der Waals surface area contributed by atoms with Crippen LogP contribution in [0.1, 0.15) is 22.8 Å². The number of ether oxygens (including phenoxy) is 2. The number of aliphatic hydroxyl groups excluding tert-OH is 1. The van der Waals surface area contributed by atoms with Gasteiger partial charge >= 0.3 is 0 Å². The molecule has 4 rings (SSSR count). The predicted molar refractivity (Wildman–Crippen MR) is 119 cm³/mol. The molecule has 0 aliphatic rings. The van der Waals surface area contributed by atoms with Crippen LogP contribution in [0, 0.1) is 13.8 Å². The first-order valence-electron chi connectivity index (χ1n) is 9.97. The molecule has 0 amide bonds. The van der Waals surface area contributed by atoms with Crippen molar-refractivity contribution >= 4 is 5.52 Å². The van der Waals surface area contributed by atoms with E-state index in [0.29, 0.717) is 22.6 Å². The summed E-state index contributed by atoms with van der Waals surface area (Å²) >= 11 is 0. The molecule has 0 bridgehead atoms. The topological polar surface area (TPSA) is 78.0 Å². The van der Waals surface area contributed by atoms with Gasteiger partial charge in [0.05, 0.1) is 26.5 Å². The number of hydrogen-bond donors (Lipinski definition) is 1. The van der Waals surface area contributed by atoms with Crippen LogP contribution >= 0.6 is 0 Å². The Kier molecular flexibility index (Phi) is 5.52. The summed E-state index contributed by atoms with van der Waals surface area (Å²) in [5, 5.41) is 15.4. The van der Waals surface area contributed by atoms with Crippen molar-refractivity contribution in [3.05, 3.63) is 81.9 Å². The van der Waals surface area contributed by atoms with E-state index < -0.39 is 6.10 Å². The zero-order valence-corrected chi connectivity index (χ0v) is 18.0. The molecule has 0 fully saturated rings. The van der Waals surface area contributed by atoms with E-state index in [2.05, 4.69) is 11.2 Å². The van der Waals surface area contributed by atoms with Gasteiger partial charge in [0, 0.05) is 23.5 Å². The van der Waals surface area contributed by atoms with E-state index in [1.54, 1.807) is 48.3 Å². The van der Waals surface area contributed by atoms with Crippen molar-refractivity contribution in [2.75, 3.05) is 14.2 Å². The maximum absolute atomic E-state index is 13.1. The third kappa shape index (κ3) is 3.92. The molecule has 0 spiro atoms. The van der Waals surface area contributed by atoms with Crippen molar-refractivity contribution in [3.63, 3.8) is 0 Å². The number of aromatic nitrogens is 3. The van der Waals surface area contributed by atoms with Crippen molar-refractivity contribution in [2.45, 2.75) is 26.5 Å². The van der Waals surface area contributed by atoms with Crippen LogP contribution < -0.4 is 15.0 Å². The molecule has 160 valence electrons. The zero-order valence-electron chi connectivity index (χ0n) is 18.0. The Morgan fingerprint density at radius 1 is 1.03 bits per heavy atom. The lowest BCUT2D eigenvalue weighted by Gasteiger charge is -2.17. The van der Waals surface area contributed by atoms with Crippen LogP contribution in [0.2, 0.25) is 0 Å². The van der Waals surface area contributed by atoms with Gasteiger partial charge in [-0.1, -0.05) is 23.8 Å². The molecule has 0 unspecified atom stereocenters. The molecule has 0 saturated heterocycles. The molecule has 1 N–H and O–H groups in total. The summed E-state index contributed by atoms with van der Waals surface area (Å²) < 4.78 is 13.7. The number of hydrogen-bond acceptors (Lipinski definition) is 5. The van der Waals surface area contributed by atoms with E-state index >= 15 is 0 Å². The summed E-state index contributed by atoms with van der Waals surface area (Å²) in [4.78, 5) is 13.1. The standard InChI is InChI=1S/C24H25N3O4/c1-15-5-7-18(16(2)11-15)20-13-21-24(29)26(9-10-27(21)25-20)14-22(28)19-12-17(30-3)6-8-23(19)31-4/h5-13,22,28H,14H2,1-4H3/t22-/m1/s1. The molecule has 4 aromatic rings. The van der Waals surface area contributed by atoms with Crippen LogP contribution in [0.15, 0.2) is 59.7 Å². The summed E-state index contributed by atoms with van der Waals surface area (Å²) in [6, 6.07) is 13.1. The minimum absolute atomic E-state index is 0.0724. The van der Waals surface area contributed by atoms with Crippen LogP contribution in [-0.4, -0.2) is 33.5 Å². The first-order chi connectivity index (χ1) is 14.9. The Labute approximate surface area is 180 Å². The second kappa shape index (κ2) is 8.28. The number of aryl methyl sites for hydroxylation is 2. The molecule has 2 aromatic heterocycles. The first-order valence-corrected chi connectivity index (χ1v) is 9.97. The number of methoxy groups -OCH3 is 2. The lowest BCUT2D eigenvalue weighted by Crippen LogP contribution is -2.24. The van der Waals surface area contributed by atoms with Crippen molar-refractivity contribution in [3.8, 4) is 22.8 Å². The highest BCUT2D eigenvalue weighted by atomic mass is 16.5. The minimum Gasteiger partial charge on any atom is -0.497 e. The average molecular weight is 419 g/mol. The maximum Gasteiger partial charge on any atom is 0.276 e. The van der Waals surface area contributed by atoms with Gasteiger partial charge in [0.15, 0.2) is 0 Å². The summed E-state index contributed by atoms with van der Waals surface area (Å²) in [5.41, 5.74) is 4.77. The smallest absolute Gasteiger partial charge is 0.276 e. The number of fused-ring (bicyclic) bond motifs is 1. The molecule has 2 heterocycles. The van der Waals surface area contributed by atoms with Gasteiger partial charge in [0.2, 0.25) is 0 Å². The van der Waals surface area contributed by atoms with Crippen LogP contribution in [0.4, 0.5) is 0 Å². The van der Waals surface area contributed by atoms with Crippen LogP contribution in [0.3, 0.4) is 0 Å². The van der Waals surface area contributed by atoms with Gasteiger partial charge in [0.25, 0.3) is 5.56 Å². The number of benzene rings is 2. The number of aliphatic hydroxyl groups is 1. The molecular weight excluding hydrogens is 394 g/mol. The molecule has 31 heavy (non-hydrogen) atoms. The van der Waals surface area contributed by atoms with Crippen molar-refractivity contribution in [1.82, 2.24) is 14.2 Å². The lowest BCUT2D eigenvalue weighted by molar-refractivity contribution is 0.151. The van der Waals surface area contributed by atoms with Gasteiger partial charge < -0.3 is 19.1 Å². The zero-order chi connectivity index (χ0) is 22.1. The Hall–Kier alpha value is -3.58. The fourth-order valence-electron chi connectivity index (χ4n) is 3.79. The number of rotatable bonds is 6. The summed E-state index contributed by atoms with van der Waals surface area (Å²) in [7, 11) is 3.10. The molecule has 0 radical (unpaired) electrons. The SMILES string of the molecule is COc1ccc(OC)c([C@H](O)Cn2ccn3nc(-c4ccc(C)cc4C)cc3c2=O)c1. The first kappa shape index (κ1) is 20.7. The minimum atomic E-state index is -0.952. The van der Waals surface area contributed by atoms with Gasteiger partial charge in [-0.15, -0.1) is 0 Å². The van der Waals surface area contributed by atoms with E-state index in [-0.39, 0.29) is 12.1 Å². The van der Waals surface area contributed by atoms with Crippen LogP contribution in [0.25, 0.3) is 16.8 Å². The van der Waals surface area contributed by atoms with Gasteiger partial charge in [-0.25, -0.2) is 4.52 Å². The largest absolute Gasteiger partial charge is 0.497 e. The Morgan fingerprint density at radius 2 is 1.84 bits per heavy atom. The van der Waals surface area contributed by atoms with Crippen molar-refractivity contribution in [1.29, 1.82) is 0 Å². The fourth-order valence-corrected chi connectivity index (χ4v) is 3.79. The Balaban J connectivity index is 1.70. The van der Waals surface area contributed by atoms with Crippen LogP contribution in [-0.2, 0) is 6.54 Å². The summed E-state index contributed by atoms with van der Waals surface area (Å²) in [6.45, 7) is 4.15. The van der Waals surface area contributed by atoms with Gasteiger partial charge in [-0.3, -0.25) is 4.79 Å². The second-order valence-corrected chi connectivity index (χ2v) is 7.56. The molecule has 0 aliphatic heterocycles. The van der Waals surface area contributed by atoms with Gasteiger partial charge in [-0.2, -0.15) is 5.10 Å². The fraction of sp³-hybridized carbons (Fsp3) is 0.250. The molecule has 0 saturated carbocycles. The molecule has 7 nitrogen and oxygen atoms in total. The average Bonchev–Trinajstić information content (AvgIpc) is 3.20. The Bertz CT molecular complexity index is 1310. The summed E-state index contributed by atoms with van der Waals surface area (Å²) in [5.74, 6) is 1.13. The predicted octanol–water partition coefficient (Wildman–Crippen LogP) is 3.53. The van der Waals surface area contributed by atoms with E-state index in [4.69, 9.17) is 9.47 Å².